The van der Waals surface area contributed by atoms with Crippen LogP contribution in [0, 0.1) is 5.41 Å². The molecule has 1 rings (SSSR count). The average molecular weight is 270 g/mol. The molecule has 0 heterocycles. The van der Waals surface area contributed by atoms with E-state index in [-0.39, 0.29) is 0 Å². The lowest BCUT2D eigenvalue weighted by Crippen LogP contribution is -2.39. The molecule has 1 unspecified atom stereocenters. The summed E-state index contributed by atoms with van der Waals surface area (Å²) < 4.78 is 1.14. The van der Waals surface area contributed by atoms with Crippen molar-refractivity contribution in [1.29, 1.82) is 0 Å². The number of rotatable bonds is 3. The molecule has 0 radical (unpaired) electrons. The summed E-state index contributed by atoms with van der Waals surface area (Å²) in [6.07, 6.45) is 1.08. The van der Waals surface area contributed by atoms with Crippen LogP contribution >= 0.6 is 15.9 Å². The standard InChI is InChI=1S/C13H20BrN/c1-13(2,3)12(15-4)9-10-5-7-11(14)8-6-10/h5-8,12,15H,9H2,1-4H3. The molecule has 1 N–H and O–H groups in total. The summed E-state index contributed by atoms with van der Waals surface area (Å²) in [5.74, 6) is 0. The quantitative estimate of drug-likeness (QED) is 0.884. The highest BCUT2D eigenvalue weighted by atomic mass is 79.9. The van der Waals surface area contributed by atoms with Crippen molar-refractivity contribution in [1.82, 2.24) is 5.32 Å². The van der Waals surface area contributed by atoms with E-state index in [1.807, 2.05) is 7.05 Å². The molecule has 1 atom stereocenters. The van der Waals surface area contributed by atoms with Gasteiger partial charge in [0.25, 0.3) is 0 Å². The van der Waals surface area contributed by atoms with Crippen LogP contribution in [0.4, 0.5) is 0 Å². The monoisotopic (exact) mass is 269 g/mol. The molecular formula is C13H20BrN. The lowest BCUT2D eigenvalue weighted by Gasteiger charge is -2.30. The molecule has 2 heteroatoms. The Morgan fingerprint density at radius 3 is 2.13 bits per heavy atom. The Labute approximate surface area is 101 Å². The molecular weight excluding hydrogens is 250 g/mol. The predicted octanol–water partition coefficient (Wildman–Crippen LogP) is 3.63. The van der Waals surface area contributed by atoms with E-state index < -0.39 is 0 Å². The summed E-state index contributed by atoms with van der Waals surface area (Å²) in [5.41, 5.74) is 1.68. The Morgan fingerprint density at radius 1 is 1.20 bits per heavy atom. The fourth-order valence-corrected chi connectivity index (χ4v) is 1.96. The van der Waals surface area contributed by atoms with Gasteiger partial charge in [-0.3, -0.25) is 0 Å². The van der Waals surface area contributed by atoms with Gasteiger partial charge in [-0.25, -0.2) is 0 Å². The Hall–Kier alpha value is -0.340. The van der Waals surface area contributed by atoms with Crippen molar-refractivity contribution < 1.29 is 0 Å². The van der Waals surface area contributed by atoms with Crippen LogP contribution in [0.15, 0.2) is 28.7 Å². The van der Waals surface area contributed by atoms with E-state index in [2.05, 4.69) is 66.3 Å². The number of hydrogen-bond donors (Lipinski definition) is 1. The van der Waals surface area contributed by atoms with Crippen molar-refractivity contribution >= 4 is 15.9 Å². The number of likely N-dealkylation sites (N-methyl/N-ethyl adjacent to an activating group) is 1. The van der Waals surface area contributed by atoms with Gasteiger partial charge >= 0.3 is 0 Å². The second-order valence-electron chi connectivity index (χ2n) is 5.04. The van der Waals surface area contributed by atoms with E-state index >= 15 is 0 Å². The molecule has 15 heavy (non-hydrogen) atoms. The molecule has 0 amide bonds. The lowest BCUT2D eigenvalue weighted by molar-refractivity contribution is 0.280. The van der Waals surface area contributed by atoms with Crippen LogP contribution in [0.1, 0.15) is 26.3 Å². The van der Waals surface area contributed by atoms with E-state index in [1.54, 1.807) is 0 Å². The largest absolute Gasteiger partial charge is 0.316 e. The zero-order chi connectivity index (χ0) is 11.5. The fourth-order valence-electron chi connectivity index (χ4n) is 1.70. The van der Waals surface area contributed by atoms with Crippen molar-refractivity contribution in [3.8, 4) is 0 Å². The molecule has 0 aromatic heterocycles. The second-order valence-corrected chi connectivity index (χ2v) is 5.95. The molecule has 0 fully saturated rings. The first-order chi connectivity index (χ1) is 6.93. The predicted molar refractivity (Wildman–Crippen MR) is 70.1 cm³/mol. The fraction of sp³-hybridized carbons (Fsp3) is 0.538. The summed E-state index contributed by atoms with van der Waals surface area (Å²) in [6.45, 7) is 6.81. The van der Waals surface area contributed by atoms with Crippen LogP contribution in [-0.2, 0) is 6.42 Å². The summed E-state index contributed by atoms with van der Waals surface area (Å²) in [7, 11) is 2.04. The molecule has 0 aliphatic rings. The molecule has 0 spiro atoms. The van der Waals surface area contributed by atoms with Gasteiger partial charge in [0.1, 0.15) is 0 Å². The third kappa shape index (κ3) is 3.96. The average Bonchev–Trinajstić information content (AvgIpc) is 2.15. The second kappa shape index (κ2) is 5.13. The minimum Gasteiger partial charge on any atom is -0.316 e. The highest BCUT2D eigenvalue weighted by molar-refractivity contribution is 9.10. The van der Waals surface area contributed by atoms with E-state index in [1.165, 1.54) is 5.56 Å². The number of nitrogens with one attached hydrogen (secondary N) is 1. The summed E-state index contributed by atoms with van der Waals surface area (Å²) in [4.78, 5) is 0. The summed E-state index contributed by atoms with van der Waals surface area (Å²) in [6, 6.07) is 9.08. The van der Waals surface area contributed by atoms with Crippen LogP contribution in [0.25, 0.3) is 0 Å². The Kier molecular flexibility index (Phi) is 4.35. The Bertz CT molecular complexity index is 297. The van der Waals surface area contributed by atoms with Gasteiger partial charge in [0.05, 0.1) is 0 Å². The zero-order valence-electron chi connectivity index (χ0n) is 9.97. The van der Waals surface area contributed by atoms with Crippen LogP contribution in [0.5, 0.6) is 0 Å². The van der Waals surface area contributed by atoms with E-state index in [9.17, 15) is 0 Å². The van der Waals surface area contributed by atoms with Crippen LogP contribution in [-0.4, -0.2) is 13.1 Å². The van der Waals surface area contributed by atoms with Gasteiger partial charge in [-0.2, -0.15) is 0 Å². The molecule has 0 saturated heterocycles. The maximum absolute atomic E-state index is 3.45. The van der Waals surface area contributed by atoms with Crippen molar-refractivity contribution in [2.24, 2.45) is 5.41 Å². The third-order valence-electron chi connectivity index (χ3n) is 2.75. The molecule has 1 aromatic carbocycles. The minimum atomic E-state index is 0.293. The molecule has 84 valence electrons. The molecule has 0 aliphatic heterocycles. The SMILES string of the molecule is CNC(Cc1ccc(Br)cc1)C(C)(C)C. The van der Waals surface area contributed by atoms with Crippen LogP contribution in [0.3, 0.4) is 0 Å². The first-order valence-electron chi connectivity index (χ1n) is 5.35. The van der Waals surface area contributed by atoms with Gasteiger partial charge in [0, 0.05) is 10.5 Å². The number of hydrogen-bond acceptors (Lipinski definition) is 1. The smallest absolute Gasteiger partial charge is 0.0175 e. The summed E-state index contributed by atoms with van der Waals surface area (Å²) in [5, 5.41) is 3.39. The highest BCUT2D eigenvalue weighted by Gasteiger charge is 2.22. The van der Waals surface area contributed by atoms with Crippen molar-refractivity contribution in [2.75, 3.05) is 7.05 Å². The van der Waals surface area contributed by atoms with Gasteiger partial charge < -0.3 is 5.32 Å². The van der Waals surface area contributed by atoms with Crippen LogP contribution in [0.2, 0.25) is 0 Å². The van der Waals surface area contributed by atoms with Crippen molar-refractivity contribution in [2.45, 2.75) is 33.2 Å². The third-order valence-corrected chi connectivity index (χ3v) is 3.28. The van der Waals surface area contributed by atoms with E-state index in [4.69, 9.17) is 0 Å². The highest BCUT2D eigenvalue weighted by Crippen LogP contribution is 2.22. The molecule has 1 aromatic rings. The van der Waals surface area contributed by atoms with E-state index in [0.29, 0.717) is 11.5 Å². The van der Waals surface area contributed by atoms with Gasteiger partial charge in [-0.1, -0.05) is 48.8 Å². The normalized spacial score (nSPS) is 13.9. The minimum absolute atomic E-state index is 0.293. The first-order valence-corrected chi connectivity index (χ1v) is 6.14. The van der Waals surface area contributed by atoms with Gasteiger partial charge in [0.15, 0.2) is 0 Å². The van der Waals surface area contributed by atoms with Crippen molar-refractivity contribution in [3.63, 3.8) is 0 Å². The first kappa shape index (κ1) is 12.7. The Morgan fingerprint density at radius 2 is 1.73 bits per heavy atom. The van der Waals surface area contributed by atoms with Crippen molar-refractivity contribution in [3.05, 3.63) is 34.3 Å². The number of halogens is 1. The lowest BCUT2D eigenvalue weighted by atomic mass is 9.83. The van der Waals surface area contributed by atoms with Gasteiger partial charge in [-0.05, 0) is 36.6 Å². The van der Waals surface area contributed by atoms with Gasteiger partial charge in [-0.15, -0.1) is 0 Å². The van der Waals surface area contributed by atoms with Gasteiger partial charge in [0.2, 0.25) is 0 Å². The molecule has 0 aliphatic carbocycles. The van der Waals surface area contributed by atoms with Crippen LogP contribution < -0.4 is 5.32 Å². The molecule has 1 nitrogen and oxygen atoms in total. The number of benzene rings is 1. The Balaban J connectivity index is 2.71. The molecule has 0 bridgehead atoms. The maximum atomic E-state index is 3.45. The molecule has 0 saturated carbocycles. The summed E-state index contributed by atoms with van der Waals surface area (Å²) >= 11 is 3.45. The van der Waals surface area contributed by atoms with E-state index in [0.717, 1.165) is 10.9 Å². The zero-order valence-corrected chi connectivity index (χ0v) is 11.6. The topological polar surface area (TPSA) is 12.0 Å². The maximum Gasteiger partial charge on any atom is 0.0175 e.